The van der Waals surface area contributed by atoms with Crippen LogP contribution in [0.4, 0.5) is 15.3 Å². The Hall–Kier alpha value is -3.84. The number of halogens is 2. The van der Waals surface area contributed by atoms with Gasteiger partial charge in [0.2, 0.25) is 0 Å². The largest absolute Gasteiger partial charge is 0.375 e. The van der Waals surface area contributed by atoms with Gasteiger partial charge in [-0.15, -0.1) is 11.8 Å². The summed E-state index contributed by atoms with van der Waals surface area (Å²) in [6.45, 7) is 8.46. The number of anilines is 2. The van der Waals surface area contributed by atoms with Gasteiger partial charge in [0, 0.05) is 66.9 Å². The van der Waals surface area contributed by atoms with Crippen LogP contribution in [0.25, 0.3) is 32.2 Å². The van der Waals surface area contributed by atoms with E-state index in [0.29, 0.717) is 58.4 Å². The van der Waals surface area contributed by atoms with Crippen molar-refractivity contribution in [2.75, 3.05) is 69.2 Å². The number of aromatic nitrogens is 3. The van der Waals surface area contributed by atoms with Crippen molar-refractivity contribution < 1.29 is 4.39 Å². The van der Waals surface area contributed by atoms with Crippen molar-refractivity contribution in [1.82, 2.24) is 24.3 Å². The minimum Gasteiger partial charge on any atom is -0.375 e. The number of hydrogen-bond acceptors (Lipinski definition) is 11. The molecule has 2 N–H and O–H groups in total. The summed E-state index contributed by atoms with van der Waals surface area (Å²) in [5.74, 6) is 0.826. The number of piperazine rings is 1. The average molecular weight is 718 g/mol. The van der Waals surface area contributed by atoms with Crippen LogP contribution >= 0.6 is 34.7 Å². The molecule has 2 aliphatic rings. The summed E-state index contributed by atoms with van der Waals surface area (Å²) in [4.78, 5) is 39.6. The number of benzene rings is 3. The third-order valence-corrected chi connectivity index (χ3v) is 11.5. The fraction of sp³-hybridized carbons (Fsp3) is 0.371. The fourth-order valence-corrected chi connectivity index (χ4v) is 9.17. The van der Waals surface area contributed by atoms with Crippen LogP contribution in [0.15, 0.2) is 68.2 Å². The predicted octanol–water partition coefficient (Wildman–Crippen LogP) is 6.49. The SMILES string of the molecule is CCN1CCN([C@H]2CSc3c(-c4ccc(F)c5sc(N)nc45)c(Cl)cc4c(N(C)CCCN=C=NCc5ccccc5)nc(=O)n2c34)CC1. The first-order valence-corrected chi connectivity index (χ1v) is 18.6. The summed E-state index contributed by atoms with van der Waals surface area (Å²) in [6, 6.07) is 17.8. The lowest BCUT2D eigenvalue weighted by molar-refractivity contribution is 0.0779. The van der Waals surface area contributed by atoms with Crippen LogP contribution < -0.4 is 16.3 Å². The Bertz CT molecular complexity index is 2130. The Labute approximate surface area is 297 Å². The zero-order valence-corrected chi connectivity index (χ0v) is 29.8. The molecular weight excluding hydrogens is 681 g/mol. The Balaban J connectivity index is 1.26. The number of thiazole rings is 1. The number of aliphatic imine (C=N–C) groups is 2. The second-order valence-electron chi connectivity index (χ2n) is 12.2. The van der Waals surface area contributed by atoms with Gasteiger partial charge in [-0.3, -0.25) is 9.47 Å². The first kappa shape index (κ1) is 33.6. The highest BCUT2D eigenvalue weighted by Crippen LogP contribution is 2.49. The molecule has 2 aliphatic heterocycles. The van der Waals surface area contributed by atoms with Gasteiger partial charge >= 0.3 is 5.69 Å². The number of likely N-dealkylation sites (N-methyl/N-ethyl adjacent to an activating group) is 1. The van der Waals surface area contributed by atoms with Gasteiger partial charge < -0.3 is 15.5 Å². The second-order valence-corrected chi connectivity index (χ2v) is 14.7. The normalized spacial score (nSPS) is 16.6. The smallest absolute Gasteiger partial charge is 0.351 e. The van der Waals surface area contributed by atoms with E-state index in [1.165, 1.54) is 6.07 Å². The van der Waals surface area contributed by atoms with Crippen molar-refractivity contribution >= 4 is 72.8 Å². The summed E-state index contributed by atoms with van der Waals surface area (Å²) in [7, 11) is 1.93. The van der Waals surface area contributed by atoms with E-state index in [9.17, 15) is 9.18 Å². The van der Waals surface area contributed by atoms with Crippen LogP contribution in [-0.2, 0) is 6.54 Å². The van der Waals surface area contributed by atoms with Crippen LogP contribution in [0, 0.1) is 5.82 Å². The number of rotatable bonds is 10. The van der Waals surface area contributed by atoms with Gasteiger partial charge in [0.25, 0.3) is 0 Å². The molecule has 0 saturated carbocycles. The van der Waals surface area contributed by atoms with Crippen molar-refractivity contribution in [3.05, 3.63) is 75.4 Å². The van der Waals surface area contributed by atoms with E-state index in [4.69, 9.17) is 17.3 Å². The number of nitrogens with two attached hydrogens (primary N) is 1. The van der Waals surface area contributed by atoms with E-state index in [2.05, 4.69) is 42.7 Å². The average Bonchev–Trinajstić information content (AvgIpc) is 3.52. The quantitative estimate of drug-likeness (QED) is 0.129. The molecule has 0 radical (unpaired) electrons. The lowest BCUT2D eigenvalue weighted by Crippen LogP contribution is -2.51. The maximum atomic E-state index is 14.9. The molecule has 254 valence electrons. The molecule has 2 aromatic heterocycles. The molecule has 7 rings (SSSR count). The molecule has 0 unspecified atom stereocenters. The highest BCUT2D eigenvalue weighted by Gasteiger charge is 2.34. The van der Waals surface area contributed by atoms with Crippen molar-refractivity contribution in [3.8, 4) is 11.1 Å². The maximum Gasteiger partial charge on any atom is 0.351 e. The first-order valence-electron chi connectivity index (χ1n) is 16.4. The summed E-state index contributed by atoms with van der Waals surface area (Å²) < 4.78 is 17.1. The monoisotopic (exact) mass is 717 g/mol. The molecule has 1 fully saturated rings. The minimum atomic E-state index is -0.380. The number of fused-ring (bicyclic) bond motifs is 1. The van der Waals surface area contributed by atoms with E-state index in [-0.39, 0.29) is 22.8 Å². The summed E-state index contributed by atoms with van der Waals surface area (Å²) in [5, 5.41) is 1.55. The van der Waals surface area contributed by atoms with Gasteiger partial charge in [0.05, 0.1) is 39.9 Å². The molecule has 0 spiro atoms. The Kier molecular flexibility index (Phi) is 10.00. The van der Waals surface area contributed by atoms with E-state index >= 15 is 0 Å². The number of nitrogens with zero attached hydrogens (tertiary/aromatic N) is 8. The third-order valence-electron chi connectivity index (χ3n) is 9.20. The molecule has 14 heteroatoms. The van der Waals surface area contributed by atoms with Crippen molar-refractivity contribution in [2.24, 2.45) is 9.98 Å². The molecule has 4 heterocycles. The van der Waals surface area contributed by atoms with Gasteiger partial charge in [-0.1, -0.05) is 60.2 Å². The predicted molar refractivity (Wildman–Crippen MR) is 200 cm³/mol. The molecule has 10 nitrogen and oxygen atoms in total. The lowest BCUT2D eigenvalue weighted by atomic mass is 10.0. The van der Waals surface area contributed by atoms with Crippen LogP contribution in [0.3, 0.4) is 0 Å². The van der Waals surface area contributed by atoms with Crippen LogP contribution in [-0.4, -0.2) is 89.0 Å². The fourth-order valence-electron chi connectivity index (χ4n) is 6.66. The van der Waals surface area contributed by atoms with Crippen LogP contribution in [0.2, 0.25) is 5.02 Å². The number of hydrogen-bond donors (Lipinski definition) is 1. The van der Waals surface area contributed by atoms with Crippen LogP contribution in [0.5, 0.6) is 0 Å². The van der Waals surface area contributed by atoms with E-state index < -0.39 is 0 Å². The van der Waals surface area contributed by atoms with Crippen molar-refractivity contribution in [3.63, 3.8) is 0 Å². The molecule has 0 amide bonds. The highest BCUT2D eigenvalue weighted by molar-refractivity contribution is 7.99. The molecule has 0 bridgehead atoms. The summed E-state index contributed by atoms with van der Waals surface area (Å²) >= 11 is 9.94. The molecule has 3 aromatic carbocycles. The maximum absolute atomic E-state index is 14.9. The van der Waals surface area contributed by atoms with Gasteiger partial charge in [0.15, 0.2) is 5.13 Å². The lowest BCUT2D eigenvalue weighted by Gasteiger charge is -2.41. The molecular formula is C35H37ClFN9OS2. The van der Waals surface area contributed by atoms with Gasteiger partial charge in [-0.2, -0.15) is 4.98 Å². The van der Waals surface area contributed by atoms with Crippen molar-refractivity contribution in [2.45, 2.75) is 31.0 Å². The van der Waals surface area contributed by atoms with Crippen molar-refractivity contribution in [1.29, 1.82) is 0 Å². The molecule has 49 heavy (non-hydrogen) atoms. The second kappa shape index (κ2) is 14.6. The zero-order chi connectivity index (χ0) is 34.1. The van der Waals surface area contributed by atoms with E-state index in [0.717, 1.165) is 71.0 Å². The molecule has 0 aliphatic carbocycles. The molecule has 1 atom stereocenters. The van der Waals surface area contributed by atoms with E-state index in [1.54, 1.807) is 17.8 Å². The van der Waals surface area contributed by atoms with E-state index in [1.807, 2.05) is 52.9 Å². The minimum absolute atomic E-state index is 0.167. The standard InChI is InChI=1S/C35H37ClFN9OS2/c1-3-44-14-16-45(17-15-44)27-20-48-32-28(23-10-11-26(37)31-29(23)41-34(38)49-31)25(36)18-24-30(32)46(27)35(47)42-33(24)43(2)13-7-12-39-21-40-19-22-8-5-4-6-9-22/h4-6,8-11,18,27H,3,7,12-17,19-20H2,1-2H3,(H2,38,41)/t27-/m1/s1. The first-order chi connectivity index (χ1) is 23.8. The highest BCUT2D eigenvalue weighted by atomic mass is 35.5. The van der Waals surface area contributed by atoms with Gasteiger partial charge in [-0.05, 0) is 36.7 Å². The Morgan fingerprint density at radius 1 is 1.12 bits per heavy atom. The Morgan fingerprint density at radius 2 is 1.92 bits per heavy atom. The molecule has 5 aromatic rings. The zero-order valence-electron chi connectivity index (χ0n) is 27.4. The van der Waals surface area contributed by atoms with Crippen LogP contribution in [0.1, 0.15) is 25.1 Å². The van der Waals surface area contributed by atoms with Gasteiger partial charge in [0.1, 0.15) is 17.8 Å². The number of nitrogen functional groups attached to an aromatic ring is 1. The number of thioether (sulfide) groups is 1. The molecule has 1 saturated heterocycles. The topological polar surface area (TPSA) is 108 Å². The summed E-state index contributed by atoms with van der Waals surface area (Å²) in [6.07, 6.45) is 0.549. The Morgan fingerprint density at radius 3 is 2.69 bits per heavy atom. The summed E-state index contributed by atoms with van der Waals surface area (Å²) in [5.41, 5.74) is 9.51. The third kappa shape index (κ3) is 6.71. The van der Waals surface area contributed by atoms with Gasteiger partial charge in [-0.25, -0.2) is 24.2 Å².